The number of nitrogens with zero attached hydrogens (tertiary/aromatic N) is 5. The van der Waals surface area contributed by atoms with Crippen molar-refractivity contribution in [3.8, 4) is 17.1 Å². The van der Waals surface area contributed by atoms with E-state index in [-0.39, 0.29) is 29.4 Å². The van der Waals surface area contributed by atoms with Crippen LogP contribution in [0.4, 0.5) is 0 Å². The Kier molecular flexibility index (Phi) is 8.55. The number of ether oxygens (including phenoxy) is 1. The molecule has 1 amide bonds. The molecule has 4 aromatic rings. The number of methoxy groups -OCH3 is 1. The molecule has 1 N–H and O–H groups in total. The third-order valence-corrected chi connectivity index (χ3v) is 10.1. The maximum atomic E-state index is 14.3. The number of carbonyl (C=O) groups excluding carboxylic acids is 1. The van der Waals surface area contributed by atoms with E-state index in [1.54, 1.807) is 12.4 Å². The Morgan fingerprint density at radius 3 is 2.49 bits per heavy atom. The van der Waals surface area contributed by atoms with Gasteiger partial charge < -0.3 is 19.5 Å². The van der Waals surface area contributed by atoms with E-state index in [2.05, 4.69) is 22.4 Å². The zero-order valence-electron chi connectivity index (χ0n) is 24.2. The lowest BCUT2D eigenvalue weighted by Crippen LogP contribution is -2.54. The summed E-state index contributed by atoms with van der Waals surface area (Å²) in [5, 5.41) is 3.44. The second-order valence-corrected chi connectivity index (χ2v) is 12.9. The van der Waals surface area contributed by atoms with E-state index in [1.807, 2.05) is 58.0 Å². The molecule has 6 rings (SSSR count). The van der Waals surface area contributed by atoms with Crippen molar-refractivity contribution in [3.05, 3.63) is 96.6 Å². The average molecular weight is 601 g/mol. The van der Waals surface area contributed by atoms with Crippen LogP contribution in [0.5, 0.6) is 5.88 Å². The summed E-state index contributed by atoms with van der Waals surface area (Å²) in [7, 11) is -2.28. The molecule has 4 heterocycles. The number of hydrogen-bond donors (Lipinski definition) is 1. The van der Waals surface area contributed by atoms with E-state index < -0.39 is 10.0 Å². The van der Waals surface area contributed by atoms with Crippen LogP contribution in [0.3, 0.4) is 0 Å². The lowest BCUT2D eigenvalue weighted by molar-refractivity contribution is 0.0631. The quantitative estimate of drug-likeness (QED) is 0.329. The van der Waals surface area contributed by atoms with Crippen LogP contribution in [0.25, 0.3) is 11.3 Å². The molecule has 2 aromatic carbocycles. The van der Waals surface area contributed by atoms with Gasteiger partial charge in [-0.2, -0.15) is 4.31 Å². The second-order valence-electron chi connectivity index (χ2n) is 11.0. The zero-order valence-corrected chi connectivity index (χ0v) is 25.0. The average Bonchev–Trinajstić information content (AvgIpc) is 3.51. The summed E-state index contributed by atoms with van der Waals surface area (Å²) in [6.07, 6.45) is 5.23. The van der Waals surface area contributed by atoms with Gasteiger partial charge in [0.15, 0.2) is 5.69 Å². The van der Waals surface area contributed by atoms with Crippen LogP contribution >= 0.6 is 0 Å². The first-order chi connectivity index (χ1) is 21.0. The number of piperazine rings is 1. The predicted octanol–water partition coefficient (Wildman–Crippen LogP) is 3.64. The highest BCUT2D eigenvalue weighted by Gasteiger charge is 2.35. The van der Waals surface area contributed by atoms with Gasteiger partial charge in [-0.05, 0) is 30.9 Å². The Morgan fingerprint density at radius 2 is 1.77 bits per heavy atom. The minimum atomic E-state index is -3.77. The molecule has 0 spiro atoms. The summed E-state index contributed by atoms with van der Waals surface area (Å²) < 4.78 is 35.8. The summed E-state index contributed by atoms with van der Waals surface area (Å²) >= 11 is 0. The van der Waals surface area contributed by atoms with Crippen molar-refractivity contribution in [1.82, 2.24) is 29.1 Å². The largest absolute Gasteiger partial charge is 0.481 e. The fourth-order valence-electron chi connectivity index (χ4n) is 6.06. The molecular formula is C32H36N6O4S. The number of nitrogens with one attached hydrogen (secondary N) is 1. The molecule has 2 aromatic heterocycles. The number of pyridine rings is 1. The standard InChI is InChI=1S/C32H36N6O4S/c1-42-29-15-14-28(21-34-29)43(40,41)36-17-8-13-26(22-36)38-23-35-30(31(38)25-11-6-3-7-12-25)32(39)37-18-16-33-20-27(37)19-24-9-4-2-5-10-24/h2-7,9-12,14-15,21,23,26-27,33H,8,13,16-20,22H2,1H3/t26?,27-/m1/s1. The van der Waals surface area contributed by atoms with Crippen molar-refractivity contribution < 1.29 is 17.9 Å². The summed E-state index contributed by atoms with van der Waals surface area (Å²) in [5.41, 5.74) is 3.17. The Morgan fingerprint density at radius 1 is 1.00 bits per heavy atom. The number of sulfonamides is 1. The van der Waals surface area contributed by atoms with Crippen molar-refractivity contribution >= 4 is 15.9 Å². The molecule has 10 nitrogen and oxygen atoms in total. The number of hydrogen-bond acceptors (Lipinski definition) is 7. The molecule has 0 aliphatic carbocycles. The van der Waals surface area contributed by atoms with Gasteiger partial charge in [-0.15, -0.1) is 0 Å². The van der Waals surface area contributed by atoms with Gasteiger partial charge in [0.2, 0.25) is 15.9 Å². The van der Waals surface area contributed by atoms with E-state index >= 15 is 0 Å². The first-order valence-corrected chi connectivity index (χ1v) is 16.1. The smallest absolute Gasteiger partial charge is 0.275 e. The first-order valence-electron chi connectivity index (χ1n) is 14.6. The van der Waals surface area contributed by atoms with E-state index in [4.69, 9.17) is 9.72 Å². The predicted molar refractivity (Wildman–Crippen MR) is 163 cm³/mol. The zero-order chi connectivity index (χ0) is 29.8. The fraction of sp³-hybridized carbons (Fsp3) is 0.344. The van der Waals surface area contributed by atoms with Gasteiger partial charge in [0.25, 0.3) is 5.91 Å². The van der Waals surface area contributed by atoms with Crippen LogP contribution in [0.1, 0.15) is 34.9 Å². The summed E-state index contributed by atoms with van der Waals surface area (Å²) in [4.78, 5) is 25.1. The Labute approximate surface area is 252 Å². The molecular weight excluding hydrogens is 564 g/mol. The van der Waals surface area contributed by atoms with Crippen LogP contribution < -0.4 is 10.1 Å². The van der Waals surface area contributed by atoms with Crippen molar-refractivity contribution in [1.29, 1.82) is 0 Å². The van der Waals surface area contributed by atoms with E-state index in [0.29, 0.717) is 44.2 Å². The highest BCUT2D eigenvalue weighted by Crippen LogP contribution is 2.33. The first kappa shape index (κ1) is 29.0. The lowest BCUT2D eigenvalue weighted by Gasteiger charge is -2.36. The molecule has 43 heavy (non-hydrogen) atoms. The van der Waals surface area contributed by atoms with E-state index in [1.165, 1.54) is 29.2 Å². The van der Waals surface area contributed by atoms with Crippen LogP contribution in [0, 0.1) is 0 Å². The number of imidazole rings is 1. The van der Waals surface area contributed by atoms with Crippen LogP contribution in [0.2, 0.25) is 0 Å². The third-order valence-electron chi connectivity index (χ3n) is 8.28. The maximum absolute atomic E-state index is 14.3. The summed E-state index contributed by atoms with van der Waals surface area (Å²) in [6.45, 7) is 2.69. The topological polar surface area (TPSA) is 110 Å². The number of amides is 1. The third kappa shape index (κ3) is 6.06. The molecule has 0 radical (unpaired) electrons. The molecule has 0 bridgehead atoms. The molecule has 11 heteroatoms. The van der Waals surface area contributed by atoms with Gasteiger partial charge in [0.05, 0.1) is 25.3 Å². The van der Waals surface area contributed by atoms with Crippen LogP contribution in [-0.4, -0.2) is 83.9 Å². The molecule has 2 saturated heterocycles. The number of aromatic nitrogens is 3. The van der Waals surface area contributed by atoms with Crippen LogP contribution in [0.15, 0.2) is 90.2 Å². The maximum Gasteiger partial charge on any atom is 0.275 e. The Balaban J connectivity index is 1.31. The number of piperidine rings is 1. The monoisotopic (exact) mass is 600 g/mol. The number of carbonyl (C=O) groups is 1. The van der Waals surface area contributed by atoms with Crippen LogP contribution in [-0.2, 0) is 16.4 Å². The minimum absolute atomic E-state index is 0.00848. The summed E-state index contributed by atoms with van der Waals surface area (Å²) in [5.74, 6) is 0.249. The SMILES string of the molecule is COc1ccc(S(=O)(=O)N2CCCC(n3cnc(C(=O)N4CCNC[C@H]4Cc4ccccc4)c3-c3ccccc3)C2)cn1. The van der Waals surface area contributed by atoms with Gasteiger partial charge in [-0.25, -0.2) is 18.4 Å². The fourth-order valence-corrected chi connectivity index (χ4v) is 7.53. The second kappa shape index (κ2) is 12.7. The molecule has 224 valence electrons. The van der Waals surface area contributed by atoms with E-state index in [0.717, 1.165) is 24.1 Å². The Hall–Kier alpha value is -4.06. The molecule has 0 saturated carbocycles. The highest BCUT2D eigenvalue weighted by atomic mass is 32.2. The molecule has 2 aliphatic heterocycles. The molecule has 1 unspecified atom stereocenters. The normalized spacial score (nSPS) is 19.7. The van der Waals surface area contributed by atoms with Gasteiger partial charge >= 0.3 is 0 Å². The van der Waals surface area contributed by atoms with Gasteiger partial charge in [0, 0.05) is 56.4 Å². The van der Waals surface area contributed by atoms with Crippen molar-refractivity contribution in [2.75, 3.05) is 39.8 Å². The van der Waals surface area contributed by atoms with Gasteiger partial charge in [-0.3, -0.25) is 4.79 Å². The van der Waals surface area contributed by atoms with Crippen molar-refractivity contribution in [2.24, 2.45) is 0 Å². The molecule has 2 atom stereocenters. The Bertz CT molecular complexity index is 1640. The van der Waals surface area contributed by atoms with Crippen molar-refractivity contribution in [3.63, 3.8) is 0 Å². The summed E-state index contributed by atoms with van der Waals surface area (Å²) in [6, 6.07) is 22.9. The highest BCUT2D eigenvalue weighted by molar-refractivity contribution is 7.89. The molecule has 2 aliphatic rings. The minimum Gasteiger partial charge on any atom is -0.481 e. The number of rotatable bonds is 8. The van der Waals surface area contributed by atoms with Gasteiger partial charge in [0.1, 0.15) is 4.90 Å². The molecule has 2 fully saturated rings. The van der Waals surface area contributed by atoms with E-state index in [9.17, 15) is 13.2 Å². The van der Waals surface area contributed by atoms with Crippen molar-refractivity contribution in [2.45, 2.75) is 36.2 Å². The number of benzene rings is 2. The lowest BCUT2D eigenvalue weighted by atomic mass is 10.0. The van der Waals surface area contributed by atoms with Gasteiger partial charge in [-0.1, -0.05) is 60.7 Å².